The molecule has 2 aliphatic heterocycles. The molecular weight excluding hydrogens is 270 g/mol. The number of nitrogens with one attached hydrogen (secondary N) is 1. The first-order chi connectivity index (χ1) is 9.65. The zero-order valence-electron chi connectivity index (χ0n) is 11.3. The third-order valence-electron chi connectivity index (χ3n) is 4.34. The molecule has 2 aliphatic rings. The summed E-state index contributed by atoms with van der Waals surface area (Å²) in [4.78, 5) is 14.6. The monoisotopic (exact) mass is 289 g/mol. The fourth-order valence-electron chi connectivity index (χ4n) is 3.25. The Morgan fingerprint density at radius 1 is 1.40 bits per heavy atom. The molecule has 1 aromatic carbocycles. The molecule has 2 unspecified atom stereocenters. The van der Waals surface area contributed by atoms with Gasteiger partial charge in [-0.3, -0.25) is 9.69 Å². The summed E-state index contributed by atoms with van der Waals surface area (Å²) in [5.41, 5.74) is 7.75. The van der Waals surface area contributed by atoms with Crippen LogP contribution < -0.4 is 11.1 Å². The summed E-state index contributed by atoms with van der Waals surface area (Å²) in [7, 11) is 0. The molecule has 1 amide bonds. The maximum atomic E-state index is 11.8. The molecule has 3 rings (SSSR count). The first-order valence-corrected chi connectivity index (χ1v) is 7.46. The minimum absolute atomic E-state index is 0.180. The van der Waals surface area contributed by atoms with Crippen LogP contribution in [0.2, 0.25) is 0 Å². The largest absolute Gasteiger partial charge is 0.389 e. The Kier molecular flexibility index (Phi) is 3.72. The van der Waals surface area contributed by atoms with Crippen LogP contribution >= 0.6 is 12.2 Å². The fraction of sp³-hybridized carbons (Fsp3) is 0.467. The molecule has 4 nitrogen and oxygen atoms in total. The molecule has 2 heterocycles. The molecule has 0 spiro atoms. The number of amides is 1. The van der Waals surface area contributed by atoms with E-state index in [1.165, 1.54) is 5.56 Å². The van der Waals surface area contributed by atoms with E-state index >= 15 is 0 Å². The number of likely N-dealkylation sites (tertiary alicyclic amines) is 1. The second-order valence-corrected chi connectivity index (χ2v) is 6.03. The van der Waals surface area contributed by atoms with Crippen LogP contribution in [0.25, 0.3) is 0 Å². The lowest BCUT2D eigenvalue weighted by Gasteiger charge is -2.35. The minimum atomic E-state index is 0.180. The van der Waals surface area contributed by atoms with Crippen molar-refractivity contribution in [1.29, 1.82) is 0 Å². The normalized spacial score (nSPS) is 26.1. The number of piperidine rings is 1. The van der Waals surface area contributed by atoms with E-state index in [-0.39, 0.29) is 11.8 Å². The Balaban J connectivity index is 1.70. The Bertz CT molecular complexity index is 528. The smallest absolute Gasteiger partial charge is 0.224 e. The van der Waals surface area contributed by atoms with Gasteiger partial charge in [0.2, 0.25) is 5.91 Å². The highest BCUT2D eigenvalue weighted by molar-refractivity contribution is 7.80. The molecule has 0 radical (unpaired) electrons. The van der Waals surface area contributed by atoms with E-state index in [4.69, 9.17) is 18.0 Å². The molecule has 106 valence electrons. The lowest BCUT2D eigenvalue weighted by molar-refractivity contribution is -0.124. The maximum absolute atomic E-state index is 11.8. The van der Waals surface area contributed by atoms with Gasteiger partial charge in [0.1, 0.15) is 4.99 Å². The first kappa shape index (κ1) is 13.5. The molecule has 20 heavy (non-hydrogen) atoms. The van der Waals surface area contributed by atoms with E-state index in [0.29, 0.717) is 11.0 Å². The van der Waals surface area contributed by atoms with Gasteiger partial charge < -0.3 is 11.1 Å². The lowest BCUT2D eigenvalue weighted by atomic mass is 9.91. The molecule has 0 bridgehead atoms. The van der Waals surface area contributed by atoms with Crippen LogP contribution in [-0.2, 0) is 11.3 Å². The molecule has 0 aliphatic carbocycles. The number of nitrogens with zero attached hydrogens (tertiary/aromatic N) is 1. The maximum Gasteiger partial charge on any atom is 0.224 e. The van der Waals surface area contributed by atoms with E-state index in [0.717, 1.165) is 38.0 Å². The number of carbonyl (C=O) groups excluding carboxylic acids is 1. The summed E-state index contributed by atoms with van der Waals surface area (Å²) in [5, 5.41) is 2.99. The van der Waals surface area contributed by atoms with Crippen LogP contribution in [-0.4, -0.2) is 34.9 Å². The van der Waals surface area contributed by atoms with Crippen LogP contribution in [0.3, 0.4) is 0 Å². The number of rotatable bonds is 3. The summed E-state index contributed by atoms with van der Waals surface area (Å²) in [6.07, 6.45) is 2.12. The van der Waals surface area contributed by atoms with Crippen molar-refractivity contribution >= 4 is 23.1 Å². The highest BCUT2D eigenvalue weighted by Gasteiger charge is 2.40. The van der Waals surface area contributed by atoms with Crippen LogP contribution in [0, 0.1) is 5.92 Å². The topological polar surface area (TPSA) is 58.4 Å². The molecule has 3 N–H and O–H groups in total. The average molecular weight is 289 g/mol. The van der Waals surface area contributed by atoms with Crippen LogP contribution in [0.15, 0.2) is 24.3 Å². The Morgan fingerprint density at radius 2 is 2.15 bits per heavy atom. The van der Waals surface area contributed by atoms with Gasteiger partial charge in [0.05, 0.1) is 5.92 Å². The molecule has 0 saturated carbocycles. The number of benzene rings is 1. The van der Waals surface area contributed by atoms with Crippen molar-refractivity contribution in [2.75, 3.05) is 13.1 Å². The van der Waals surface area contributed by atoms with Crippen LogP contribution in [0.5, 0.6) is 0 Å². The summed E-state index contributed by atoms with van der Waals surface area (Å²) >= 11 is 4.96. The van der Waals surface area contributed by atoms with Gasteiger partial charge >= 0.3 is 0 Å². The molecule has 5 heteroatoms. The Labute approximate surface area is 124 Å². The van der Waals surface area contributed by atoms with Crippen molar-refractivity contribution in [2.24, 2.45) is 11.7 Å². The molecule has 2 saturated heterocycles. The number of nitrogens with two attached hydrogens (primary N) is 1. The third-order valence-corrected chi connectivity index (χ3v) is 4.58. The molecule has 2 fully saturated rings. The summed E-state index contributed by atoms with van der Waals surface area (Å²) < 4.78 is 0. The molecule has 2 atom stereocenters. The van der Waals surface area contributed by atoms with Gasteiger partial charge in [-0.25, -0.2) is 0 Å². The van der Waals surface area contributed by atoms with Crippen molar-refractivity contribution in [3.8, 4) is 0 Å². The fourth-order valence-corrected chi connectivity index (χ4v) is 3.38. The average Bonchev–Trinajstić information content (AvgIpc) is 2.82. The van der Waals surface area contributed by atoms with Gasteiger partial charge in [-0.2, -0.15) is 0 Å². The van der Waals surface area contributed by atoms with E-state index < -0.39 is 0 Å². The van der Waals surface area contributed by atoms with Crippen molar-refractivity contribution in [2.45, 2.75) is 25.4 Å². The van der Waals surface area contributed by atoms with Gasteiger partial charge in [0.25, 0.3) is 0 Å². The second-order valence-electron chi connectivity index (χ2n) is 5.59. The Morgan fingerprint density at radius 3 is 2.85 bits per heavy atom. The quantitative estimate of drug-likeness (QED) is 0.816. The lowest BCUT2D eigenvalue weighted by Crippen LogP contribution is -2.44. The van der Waals surface area contributed by atoms with Gasteiger partial charge in [-0.05, 0) is 24.9 Å². The standard InChI is InChI=1S/C15H19N3OS/c16-14(20)11-5-3-10(4-6-11)9-18-7-1-2-12-13(18)8-17-15(12)19/h3-6,12-13H,1-2,7-9H2,(H2,16,20)(H,17,19). The third kappa shape index (κ3) is 2.55. The van der Waals surface area contributed by atoms with E-state index in [9.17, 15) is 4.79 Å². The Hall–Kier alpha value is -1.46. The van der Waals surface area contributed by atoms with E-state index in [1.807, 2.05) is 12.1 Å². The summed E-state index contributed by atoms with van der Waals surface area (Å²) in [6.45, 7) is 2.73. The van der Waals surface area contributed by atoms with E-state index in [1.54, 1.807) is 0 Å². The zero-order chi connectivity index (χ0) is 14.1. The number of thiocarbonyl (C=S) groups is 1. The highest BCUT2D eigenvalue weighted by Crippen LogP contribution is 2.28. The minimum Gasteiger partial charge on any atom is -0.389 e. The molecular formula is C15H19N3OS. The van der Waals surface area contributed by atoms with Crippen LogP contribution in [0.4, 0.5) is 0 Å². The van der Waals surface area contributed by atoms with Crippen molar-refractivity contribution < 1.29 is 4.79 Å². The SMILES string of the molecule is NC(=S)c1ccc(CN2CCCC3C(=O)NCC32)cc1. The number of fused-ring (bicyclic) bond motifs is 1. The first-order valence-electron chi connectivity index (χ1n) is 7.05. The van der Waals surface area contributed by atoms with E-state index in [2.05, 4.69) is 22.3 Å². The number of hydrogen-bond acceptors (Lipinski definition) is 3. The van der Waals surface area contributed by atoms with Gasteiger partial charge in [-0.1, -0.05) is 36.5 Å². The second kappa shape index (κ2) is 5.50. The van der Waals surface area contributed by atoms with Gasteiger partial charge in [0, 0.05) is 24.7 Å². The molecule has 1 aromatic rings. The van der Waals surface area contributed by atoms with Crippen LogP contribution in [0.1, 0.15) is 24.0 Å². The molecule has 0 aromatic heterocycles. The summed E-state index contributed by atoms with van der Waals surface area (Å²) in [6, 6.07) is 8.44. The predicted octanol–water partition coefficient (Wildman–Crippen LogP) is 1.03. The predicted molar refractivity (Wildman–Crippen MR) is 82.3 cm³/mol. The highest BCUT2D eigenvalue weighted by atomic mass is 32.1. The van der Waals surface area contributed by atoms with Crippen molar-refractivity contribution in [1.82, 2.24) is 10.2 Å². The van der Waals surface area contributed by atoms with Crippen molar-refractivity contribution in [3.05, 3.63) is 35.4 Å². The van der Waals surface area contributed by atoms with Crippen molar-refractivity contribution in [3.63, 3.8) is 0 Å². The van der Waals surface area contributed by atoms with Gasteiger partial charge in [0.15, 0.2) is 0 Å². The number of hydrogen-bond donors (Lipinski definition) is 2. The number of carbonyl (C=O) groups is 1. The summed E-state index contributed by atoms with van der Waals surface area (Å²) in [5.74, 6) is 0.406. The van der Waals surface area contributed by atoms with Gasteiger partial charge in [-0.15, -0.1) is 0 Å². The zero-order valence-corrected chi connectivity index (χ0v) is 12.2.